The molecule has 0 amide bonds. The predicted molar refractivity (Wildman–Crippen MR) is 97.8 cm³/mol. The summed E-state index contributed by atoms with van der Waals surface area (Å²) in [7, 11) is -2.32. The van der Waals surface area contributed by atoms with E-state index in [-0.39, 0.29) is 10.6 Å². The van der Waals surface area contributed by atoms with E-state index in [2.05, 4.69) is 10.1 Å². The average Bonchev–Trinajstić information content (AvgIpc) is 3.21. The van der Waals surface area contributed by atoms with Crippen molar-refractivity contribution in [2.24, 2.45) is 0 Å². The maximum atomic E-state index is 12.8. The van der Waals surface area contributed by atoms with Gasteiger partial charge in [0.25, 0.3) is 5.69 Å². The van der Waals surface area contributed by atoms with Crippen molar-refractivity contribution in [1.82, 2.24) is 19.1 Å². The fourth-order valence-corrected chi connectivity index (χ4v) is 3.92. The Morgan fingerprint density at radius 1 is 1.11 bits per heavy atom. The summed E-state index contributed by atoms with van der Waals surface area (Å²) in [5.74, 6) is 0. The van der Waals surface area contributed by atoms with Crippen LogP contribution >= 0.6 is 0 Å². The molecule has 0 N–H and O–H groups in total. The third kappa shape index (κ3) is 3.71. The van der Waals surface area contributed by atoms with Gasteiger partial charge in [-0.25, -0.2) is 18.1 Å². The highest BCUT2D eigenvalue weighted by atomic mass is 32.2. The second-order valence-electron chi connectivity index (χ2n) is 5.88. The van der Waals surface area contributed by atoms with E-state index in [0.717, 1.165) is 11.3 Å². The molecule has 3 aromatic rings. The lowest BCUT2D eigenvalue weighted by Gasteiger charge is -2.24. The number of benzene rings is 2. The van der Waals surface area contributed by atoms with Crippen molar-refractivity contribution in [3.63, 3.8) is 0 Å². The highest BCUT2D eigenvalue weighted by Crippen LogP contribution is 2.27. The van der Waals surface area contributed by atoms with Gasteiger partial charge < -0.3 is 0 Å². The molecule has 0 saturated carbocycles. The summed E-state index contributed by atoms with van der Waals surface area (Å²) in [5.41, 5.74) is 1.45. The largest absolute Gasteiger partial charge is 0.269 e. The maximum absolute atomic E-state index is 12.8. The molecule has 1 aromatic heterocycles. The Balaban J connectivity index is 1.83. The molecule has 10 heteroatoms. The predicted octanol–water partition coefficient (Wildman–Crippen LogP) is 2.56. The molecular formula is C17H17N5O4S. The number of non-ortho nitro benzene ring substituents is 1. The number of sulfonamides is 1. The molecule has 27 heavy (non-hydrogen) atoms. The number of hydrogen-bond acceptors (Lipinski definition) is 6. The molecule has 0 radical (unpaired) electrons. The fourth-order valence-electron chi connectivity index (χ4n) is 2.57. The van der Waals surface area contributed by atoms with Crippen LogP contribution in [0.25, 0.3) is 5.69 Å². The first-order chi connectivity index (χ1) is 12.8. The number of nitrogens with zero attached hydrogens (tertiary/aromatic N) is 5. The monoisotopic (exact) mass is 387 g/mol. The first kappa shape index (κ1) is 18.7. The van der Waals surface area contributed by atoms with Crippen molar-refractivity contribution >= 4 is 15.7 Å². The van der Waals surface area contributed by atoms with Crippen LogP contribution in [0.2, 0.25) is 0 Å². The van der Waals surface area contributed by atoms with E-state index < -0.39 is 21.0 Å². The van der Waals surface area contributed by atoms with Gasteiger partial charge in [0.05, 0.1) is 15.5 Å². The summed E-state index contributed by atoms with van der Waals surface area (Å²) in [4.78, 5) is 14.1. The minimum absolute atomic E-state index is 0.00156. The molecule has 9 nitrogen and oxygen atoms in total. The zero-order valence-electron chi connectivity index (χ0n) is 14.6. The Hall–Kier alpha value is -3.11. The van der Waals surface area contributed by atoms with Gasteiger partial charge in [-0.1, -0.05) is 12.1 Å². The third-order valence-electron chi connectivity index (χ3n) is 4.33. The molecule has 0 saturated heterocycles. The van der Waals surface area contributed by atoms with E-state index in [4.69, 9.17) is 0 Å². The van der Waals surface area contributed by atoms with Gasteiger partial charge in [0, 0.05) is 25.2 Å². The van der Waals surface area contributed by atoms with Crippen LogP contribution < -0.4 is 0 Å². The summed E-state index contributed by atoms with van der Waals surface area (Å²) in [6, 6.07) is 11.7. The van der Waals surface area contributed by atoms with Crippen molar-refractivity contribution in [2.45, 2.75) is 17.9 Å². The molecule has 1 heterocycles. The van der Waals surface area contributed by atoms with Crippen molar-refractivity contribution in [3.8, 4) is 5.69 Å². The van der Waals surface area contributed by atoms with Crippen molar-refractivity contribution in [3.05, 3.63) is 76.9 Å². The van der Waals surface area contributed by atoms with Crippen LogP contribution in [0.3, 0.4) is 0 Å². The third-order valence-corrected chi connectivity index (χ3v) is 6.27. The summed E-state index contributed by atoms with van der Waals surface area (Å²) in [5, 5.41) is 14.8. The van der Waals surface area contributed by atoms with Crippen molar-refractivity contribution in [1.29, 1.82) is 0 Å². The highest BCUT2D eigenvalue weighted by Gasteiger charge is 2.26. The maximum Gasteiger partial charge on any atom is 0.269 e. The Kier molecular flexibility index (Phi) is 5.02. The Morgan fingerprint density at radius 2 is 1.74 bits per heavy atom. The van der Waals surface area contributed by atoms with E-state index >= 15 is 0 Å². The molecule has 0 fully saturated rings. The molecule has 1 atom stereocenters. The van der Waals surface area contributed by atoms with Crippen molar-refractivity contribution in [2.75, 3.05) is 7.05 Å². The van der Waals surface area contributed by atoms with E-state index in [1.807, 2.05) is 24.3 Å². The lowest BCUT2D eigenvalue weighted by Crippen LogP contribution is -2.29. The molecule has 2 aromatic carbocycles. The standard InChI is InChI=1S/C17H17N5O4S/c1-13(14-3-5-15(6-4-14)21-12-18-11-19-21)20(2)27(25,26)17-9-7-16(8-10-17)22(23)24/h3-13H,1-2H3/t13-/m1/s1. The minimum atomic E-state index is -3.80. The van der Waals surface area contributed by atoms with E-state index in [0.29, 0.717) is 0 Å². The number of aromatic nitrogens is 3. The molecule has 0 unspecified atom stereocenters. The number of nitro groups is 1. The Labute approximate surface area is 156 Å². The second-order valence-corrected chi connectivity index (χ2v) is 7.88. The van der Waals surface area contributed by atoms with E-state index in [1.54, 1.807) is 17.9 Å². The second kappa shape index (κ2) is 7.25. The molecule has 3 rings (SSSR count). The van der Waals surface area contributed by atoms with Gasteiger partial charge in [-0.05, 0) is 36.8 Å². The summed E-state index contributed by atoms with van der Waals surface area (Å²) >= 11 is 0. The van der Waals surface area contributed by atoms with E-state index in [1.165, 1.54) is 41.9 Å². The first-order valence-corrected chi connectivity index (χ1v) is 9.42. The van der Waals surface area contributed by atoms with Gasteiger partial charge in [-0.2, -0.15) is 9.40 Å². The topological polar surface area (TPSA) is 111 Å². The Morgan fingerprint density at radius 3 is 2.26 bits per heavy atom. The average molecular weight is 387 g/mol. The SMILES string of the molecule is C[C@H](c1ccc(-n2cncn2)cc1)N(C)S(=O)(=O)c1ccc([N+](=O)[O-])cc1. The number of nitro benzene ring substituents is 1. The molecular weight excluding hydrogens is 370 g/mol. The highest BCUT2D eigenvalue weighted by molar-refractivity contribution is 7.89. The molecule has 0 bridgehead atoms. The van der Waals surface area contributed by atoms with Gasteiger partial charge >= 0.3 is 0 Å². The minimum Gasteiger partial charge on any atom is -0.258 e. The van der Waals surface area contributed by atoms with Crippen LogP contribution in [0.5, 0.6) is 0 Å². The van der Waals surface area contributed by atoms with Crippen LogP contribution in [-0.2, 0) is 10.0 Å². The van der Waals surface area contributed by atoms with Crippen LogP contribution in [0.1, 0.15) is 18.5 Å². The Bertz CT molecular complexity index is 1030. The lowest BCUT2D eigenvalue weighted by atomic mass is 10.1. The van der Waals surface area contributed by atoms with Crippen LogP contribution in [0.4, 0.5) is 5.69 Å². The number of rotatable bonds is 6. The van der Waals surface area contributed by atoms with Gasteiger partial charge in [0.1, 0.15) is 12.7 Å². The molecule has 0 aliphatic carbocycles. The summed E-state index contributed by atoms with van der Waals surface area (Å²) < 4.78 is 28.5. The summed E-state index contributed by atoms with van der Waals surface area (Å²) in [6.07, 6.45) is 3.00. The zero-order valence-corrected chi connectivity index (χ0v) is 15.4. The number of hydrogen-bond donors (Lipinski definition) is 0. The molecule has 140 valence electrons. The van der Waals surface area contributed by atoms with Gasteiger partial charge in [0.2, 0.25) is 10.0 Å². The van der Waals surface area contributed by atoms with Crippen LogP contribution in [-0.4, -0.2) is 39.5 Å². The smallest absolute Gasteiger partial charge is 0.258 e. The van der Waals surface area contributed by atoms with E-state index in [9.17, 15) is 18.5 Å². The van der Waals surface area contributed by atoms with Gasteiger partial charge in [-0.15, -0.1) is 0 Å². The van der Waals surface area contributed by atoms with Crippen LogP contribution in [0, 0.1) is 10.1 Å². The molecule has 0 aliphatic heterocycles. The fraction of sp³-hybridized carbons (Fsp3) is 0.176. The zero-order chi connectivity index (χ0) is 19.6. The quantitative estimate of drug-likeness (QED) is 0.475. The van der Waals surface area contributed by atoms with Gasteiger partial charge in [0.15, 0.2) is 0 Å². The van der Waals surface area contributed by atoms with Crippen LogP contribution in [0.15, 0.2) is 66.1 Å². The lowest BCUT2D eigenvalue weighted by molar-refractivity contribution is -0.384. The molecule has 0 aliphatic rings. The first-order valence-electron chi connectivity index (χ1n) is 7.98. The molecule has 0 spiro atoms. The van der Waals surface area contributed by atoms with Crippen molar-refractivity contribution < 1.29 is 13.3 Å². The summed E-state index contributed by atoms with van der Waals surface area (Å²) in [6.45, 7) is 1.77. The van der Waals surface area contributed by atoms with Gasteiger partial charge in [-0.3, -0.25) is 10.1 Å². The normalized spacial score (nSPS) is 12.9.